The summed E-state index contributed by atoms with van der Waals surface area (Å²) in [5.41, 5.74) is 2.10. The summed E-state index contributed by atoms with van der Waals surface area (Å²) in [5, 5.41) is 2.82. The lowest BCUT2D eigenvalue weighted by molar-refractivity contribution is -0.148. The summed E-state index contributed by atoms with van der Waals surface area (Å²) in [6.45, 7) is 1.76. The fraction of sp³-hybridized carbons (Fsp3) is 0.522. The van der Waals surface area contributed by atoms with Gasteiger partial charge in [-0.25, -0.2) is 4.79 Å². The topological polar surface area (TPSA) is 79.0 Å². The van der Waals surface area contributed by atoms with Gasteiger partial charge in [0.25, 0.3) is 5.91 Å². The van der Waals surface area contributed by atoms with Crippen molar-refractivity contribution in [1.29, 1.82) is 0 Å². The van der Waals surface area contributed by atoms with Crippen LogP contribution in [0.2, 0.25) is 0 Å². The van der Waals surface area contributed by atoms with Crippen LogP contribution in [0.15, 0.2) is 30.3 Å². The molecule has 0 bridgehead atoms. The fourth-order valence-electron chi connectivity index (χ4n) is 3.39. The second-order valence-electron chi connectivity index (χ2n) is 8.03. The Labute approximate surface area is 178 Å². The van der Waals surface area contributed by atoms with Gasteiger partial charge >= 0.3 is 5.97 Å². The maximum Gasteiger partial charge on any atom is 0.331 e. The number of likely N-dealkylation sites (N-methyl/N-ethyl adjacent to an activating group) is 1. The maximum absolute atomic E-state index is 12.0. The van der Waals surface area contributed by atoms with Crippen LogP contribution in [-0.4, -0.2) is 62.0 Å². The van der Waals surface area contributed by atoms with E-state index in [2.05, 4.69) is 22.3 Å². The molecule has 1 N–H and O–H groups in total. The predicted octanol–water partition coefficient (Wildman–Crippen LogP) is 2.36. The quantitative estimate of drug-likeness (QED) is 0.523. The minimum atomic E-state index is -0.587. The monoisotopic (exact) mass is 413 g/mol. The van der Waals surface area contributed by atoms with E-state index in [1.807, 2.05) is 12.1 Å². The van der Waals surface area contributed by atoms with Crippen molar-refractivity contribution in [3.05, 3.63) is 35.9 Å². The highest BCUT2D eigenvalue weighted by Gasteiger charge is 2.24. The van der Waals surface area contributed by atoms with E-state index in [-0.39, 0.29) is 25.1 Å². The van der Waals surface area contributed by atoms with E-state index < -0.39 is 11.9 Å². The zero-order valence-corrected chi connectivity index (χ0v) is 17.6. The summed E-state index contributed by atoms with van der Waals surface area (Å²) in [4.78, 5) is 39.3. The minimum Gasteiger partial charge on any atom is -0.452 e. The standard InChI is InChI=1S/C23H31N3O4/c1-25(16-21(27)24-19-9-10-19)22(28)17-30-23(29)13-8-18-6-11-20(12-7-18)26-14-4-2-3-5-15-26/h6-8,11-13,19H,2-5,9-10,14-17H2,1H3,(H,24,27)/b13-8+. The number of nitrogens with one attached hydrogen (secondary N) is 1. The smallest absolute Gasteiger partial charge is 0.331 e. The first-order chi connectivity index (χ1) is 14.5. The van der Waals surface area contributed by atoms with Gasteiger partial charge in [0.15, 0.2) is 6.61 Å². The average Bonchev–Trinajstić information content (AvgIpc) is 3.57. The molecule has 0 aromatic heterocycles. The Morgan fingerprint density at radius 1 is 1.10 bits per heavy atom. The molecule has 1 heterocycles. The highest BCUT2D eigenvalue weighted by molar-refractivity contribution is 5.90. The summed E-state index contributed by atoms with van der Waals surface area (Å²) < 4.78 is 5.00. The van der Waals surface area contributed by atoms with Gasteiger partial charge in [-0.2, -0.15) is 0 Å². The number of rotatable bonds is 8. The number of ether oxygens (including phenoxy) is 1. The number of carbonyl (C=O) groups excluding carboxylic acids is 3. The van der Waals surface area contributed by atoms with Gasteiger partial charge < -0.3 is 19.9 Å². The van der Waals surface area contributed by atoms with E-state index in [9.17, 15) is 14.4 Å². The number of benzene rings is 1. The van der Waals surface area contributed by atoms with Crippen molar-refractivity contribution in [2.45, 2.75) is 44.6 Å². The molecule has 1 saturated heterocycles. The zero-order valence-electron chi connectivity index (χ0n) is 17.6. The number of anilines is 1. The van der Waals surface area contributed by atoms with Gasteiger partial charge in [0, 0.05) is 37.9 Å². The molecule has 1 saturated carbocycles. The Balaban J connectivity index is 1.40. The lowest BCUT2D eigenvalue weighted by Crippen LogP contribution is -2.40. The van der Waals surface area contributed by atoms with E-state index in [0.717, 1.165) is 31.5 Å². The Morgan fingerprint density at radius 2 is 1.77 bits per heavy atom. The lowest BCUT2D eigenvalue weighted by atomic mass is 10.1. The van der Waals surface area contributed by atoms with E-state index in [1.165, 1.54) is 49.4 Å². The number of carbonyl (C=O) groups is 3. The SMILES string of the molecule is CN(CC(=O)NC1CC1)C(=O)COC(=O)/C=C/c1ccc(N2CCCCCC2)cc1. The van der Waals surface area contributed by atoms with E-state index in [1.54, 1.807) is 6.08 Å². The van der Waals surface area contributed by atoms with Crippen LogP contribution in [0.4, 0.5) is 5.69 Å². The number of amides is 2. The van der Waals surface area contributed by atoms with Crippen molar-refractivity contribution in [1.82, 2.24) is 10.2 Å². The fourth-order valence-corrected chi connectivity index (χ4v) is 3.39. The number of hydrogen-bond acceptors (Lipinski definition) is 5. The van der Waals surface area contributed by atoms with Crippen molar-refractivity contribution < 1.29 is 19.1 Å². The van der Waals surface area contributed by atoms with E-state index in [0.29, 0.717) is 0 Å². The summed E-state index contributed by atoms with van der Waals surface area (Å²) in [5.74, 6) is -1.19. The molecule has 3 rings (SSSR count). The summed E-state index contributed by atoms with van der Waals surface area (Å²) in [7, 11) is 1.52. The number of esters is 1. The van der Waals surface area contributed by atoms with Crippen molar-refractivity contribution in [3.8, 4) is 0 Å². The first-order valence-corrected chi connectivity index (χ1v) is 10.7. The second-order valence-corrected chi connectivity index (χ2v) is 8.03. The van der Waals surface area contributed by atoms with Crippen LogP contribution in [0, 0.1) is 0 Å². The third-order valence-corrected chi connectivity index (χ3v) is 5.36. The van der Waals surface area contributed by atoms with Crippen molar-refractivity contribution in [2.75, 3.05) is 38.2 Å². The molecule has 7 heteroatoms. The number of nitrogens with zero attached hydrogens (tertiary/aromatic N) is 2. The Morgan fingerprint density at radius 3 is 2.40 bits per heavy atom. The second kappa shape index (κ2) is 10.8. The molecule has 1 aliphatic heterocycles. The largest absolute Gasteiger partial charge is 0.452 e. The molecule has 0 spiro atoms. The molecule has 2 amide bonds. The zero-order chi connectivity index (χ0) is 21.3. The number of hydrogen-bond donors (Lipinski definition) is 1. The molecule has 2 fully saturated rings. The first kappa shape index (κ1) is 21.9. The molecule has 2 aliphatic rings. The van der Waals surface area contributed by atoms with Crippen molar-refractivity contribution in [2.24, 2.45) is 0 Å². The van der Waals surface area contributed by atoms with Gasteiger partial charge in [0.1, 0.15) is 0 Å². The highest BCUT2D eigenvalue weighted by atomic mass is 16.5. The summed E-state index contributed by atoms with van der Waals surface area (Å²) >= 11 is 0. The van der Waals surface area contributed by atoms with Gasteiger partial charge in [-0.15, -0.1) is 0 Å². The van der Waals surface area contributed by atoms with Crippen molar-refractivity contribution in [3.63, 3.8) is 0 Å². The molecule has 1 aromatic rings. The molecule has 0 unspecified atom stereocenters. The first-order valence-electron chi connectivity index (χ1n) is 10.7. The van der Waals surface area contributed by atoms with Gasteiger partial charge in [-0.1, -0.05) is 25.0 Å². The average molecular weight is 414 g/mol. The van der Waals surface area contributed by atoms with E-state index in [4.69, 9.17) is 4.74 Å². The Bertz CT molecular complexity index is 763. The molecular formula is C23H31N3O4. The molecule has 0 radical (unpaired) electrons. The predicted molar refractivity (Wildman–Crippen MR) is 116 cm³/mol. The van der Waals surface area contributed by atoms with Gasteiger partial charge in [-0.05, 0) is 49.5 Å². The molecule has 1 aliphatic carbocycles. The van der Waals surface area contributed by atoms with Crippen LogP contribution in [-0.2, 0) is 19.1 Å². The normalized spacial score (nSPS) is 16.8. The maximum atomic E-state index is 12.0. The van der Waals surface area contributed by atoms with Crippen LogP contribution in [0.5, 0.6) is 0 Å². The Kier molecular flexibility index (Phi) is 7.88. The van der Waals surface area contributed by atoms with Crippen LogP contribution in [0.1, 0.15) is 44.1 Å². The van der Waals surface area contributed by atoms with Gasteiger partial charge in [-0.3, -0.25) is 9.59 Å². The third kappa shape index (κ3) is 7.21. The molecule has 162 valence electrons. The highest BCUT2D eigenvalue weighted by Crippen LogP contribution is 2.20. The van der Waals surface area contributed by atoms with Gasteiger partial charge in [0.2, 0.25) is 5.91 Å². The molecule has 30 heavy (non-hydrogen) atoms. The summed E-state index contributed by atoms with van der Waals surface area (Å²) in [6.07, 6.45) is 10.0. The molecule has 1 aromatic carbocycles. The van der Waals surface area contributed by atoms with Gasteiger partial charge in [0.05, 0.1) is 6.54 Å². The third-order valence-electron chi connectivity index (χ3n) is 5.36. The van der Waals surface area contributed by atoms with Crippen molar-refractivity contribution >= 4 is 29.5 Å². The van der Waals surface area contributed by atoms with Crippen LogP contribution >= 0.6 is 0 Å². The van der Waals surface area contributed by atoms with Crippen LogP contribution in [0.3, 0.4) is 0 Å². The minimum absolute atomic E-state index is 0.0356. The molecule has 7 nitrogen and oxygen atoms in total. The lowest BCUT2D eigenvalue weighted by Gasteiger charge is -2.22. The molecular weight excluding hydrogens is 382 g/mol. The van der Waals surface area contributed by atoms with Crippen LogP contribution in [0.25, 0.3) is 6.08 Å². The van der Waals surface area contributed by atoms with Crippen LogP contribution < -0.4 is 10.2 Å². The summed E-state index contributed by atoms with van der Waals surface area (Å²) in [6, 6.07) is 8.34. The Hall–Kier alpha value is -2.83. The van der Waals surface area contributed by atoms with E-state index >= 15 is 0 Å². The molecule has 0 atom stereocenters.